The highest BCUT2D eigenvalue weighted by Crippen LogP contribution is 2.17. The SMILES string of the molecule is C=Cc1ncccc1N=C(C)OCN. The van der Waals surface area contributed by atoms with Gasteiger partial charge in [-0.15, -0.1) is 0 Å². The van der Waals surface area contributed by atoms with Crippen LogP contribution in [0, 0.1) is 0 Å². The number of aliphatic imine (C=N–C) groups is 1. The molecule has 0 aliphatic carbocycles. The Hall–Kier alpha value is -1.68. The van der Waals surface area contributed by atoms with Gasteiger partial charge in [-0.3, -0.25) is 10.7 Å². The zero-order valence-corrected chi connectivity index (χ0v) is 8.10. The highest BCUT2D eigenvalue weighted by atomic mass is 16.5. The third-order valence-electron chi connectivity index (χ3n) is 1.58. The lowest BCUT2D eigenvalue weighted by Gasteiger charge is -2.02. The molecule has 4 nitrogen and oxygen atoms in total. The van der Waals surface area contributed by atoms with E-state index < -0.39 is 0 Å². The molecule has 0 radical (unpaired) electrons. The first-order valence-electron chi connectivity index (χ1n) is 4.23. The minimum Gasteiger partial charge on any atom is -0.466 e. The summed E-state index contributed by atoms with van der Waals surface area (Å²) in [6.45, 7) is 5.51. The normalized spacial score (nSPS) is 11.1. The fourth-order valence-electron chi connectivity index (χ4n) is 0.983. The molecule has 1 heterocycles. The molecule has 0 aliphatic rings. The van der Waals surface area contributed by atoms with Crippen LogP contribution in [0.2, 0.25) is 0 Å². The lowest BCUT2D eigenvalue weighted by atomic mass is 10.3. The molecular formula is C10H13N3O. The van der Waals surface area contributed by atoms with Gasteiger partial charge in [0.1, 0.15) is 6.73 Å². The van der Waals surface area contributed by atoms with E-state index >= 15 is 0 Å². The Balaban J connectivity index is 2.95. The topological polar surface area (TPSA) is 60.5 Å². The van der Waals surface area contributed by atoms with Gasteiger partial charge in [0.25, 0.3) is 0 Å². The largest absolute Gasteiger partial charge is 0.466 e. The quantitative estimate of drug-likeness (QED) is 0.449. The predicted molar refractivity (Wildman–Crippen MR) is 57.2 cm³/mol. The zero-order valence-electron chi connectivity index (χ0n) is 8.10. The fraction of sp³-hybridized carbons (Fsp3) is 0.200. The third kappa shape index (κ3) is 2.67. The van der Waals surface area contributed by atoms with Gasteiger partial charge in [0.2, 0.25) is 0 Å². The molecule has 14 heavy (non-hydrogen) atoms. The molecule has 0 aromatic carbocycles. The lowest BCUT2D eigenvalue weighted by Crippen LogP contribution is -2.08. The van der Waals surface area contributed by atoms with E-state index in [1.165, 1.54) is 0 Å². The summed E-state index contributed by atoms with van der Waals surface area (Å²) in [7, 11) is 0. The van der Waals surface area contributed by atoms with E-state index in [0.29, 0.717) is 5.90 Å². The van der Waals surface area contributed by atoms with Crippen molar-refractivity contribution in [3.63, 3.8) is 0 Å². The van der Waals surface area contributed by atoms with Gasteiger partial charge in [-0.05, 0) is 18.2 Å². The minimum absolute atomic E-state index is 0.124. The van der Waals surface area contributed by atoms with Crippen LogP contribution < -0.4 is 5.73 Å². The molecule has 74 valence electrons. The number of hydrogen-bond donors (Lipinski definition) is 1. The smallest absolute Gasteiger partial charge is 0.186 e. The molecule has 4 heteroatoms. The summed E-state index contributed by atoms with van der Waals surface area (Å²) in [6, 6.07) is 3.65. The first-order valence-corrected chi connectivity index (χ1v) is 4.23. The van der Waals surface area contributed by atoms with Gasteiger partial charge >= 0.3 is 0 Å². The van der Waals surface area contributed by atoms with Crippen molar-refractivity contribution >= 4 is 17.7 Å². The van der Waals surface area contributed by atoms with Gasteiger partial charge in [-0.1, -0.05) is 6.58 Å². The first-order chi connectivity index (χ1) is 6.77. The predicted octanol–water partition coefficient (Wildman–Crippen LogP) is 1.71. The van der Waals surface area contributed by atoms with Crippen LogP contribution in [0.5, 0.6) is 0 Å². The van der Waals surface area contributed by atoms with Crippen LogP contribution in [-0.2, 0) is 4.74 Å². The van der Waals surface area contributed by atoms with Crippen LogP contribution in [-0.4, -0.2) is 17.6 Å². The van der Waals surface area contributed by atoms with Gasteiger partial charge in [-0.25, -0.2) is 4.99 Å². The highest BCUT2D eigenvalue weighted by Gasteiger charge is 1.98. The summed E-state index contributed by atoms with van der Waals surface area (Å²) >= 11 is 0. The average molecular weight is 191 g/mol. The number of nitrogens with two attached hydrogens (primary N) is 1. The summed E-state index contributed by atoms with van der Waals surface area (Å²) < 4.78 is 5.01. The molecule has 1 aromatic heterocycles. The molecule has 0 bridgehead atoms. The monoisotopic (exact) mass is 191 g/mol. The average Bonchev–Trinajstić information content (AvgIpc) is 2.19. The molecule has 0 unspecified atom stereocenters. The maximum Gasteiger partial charge on any atom is 0.186 e. The number of pyridine rings is 1. The molecule has 0 atom stereocenters. The Kier molecular flexibility index (Phi) is 3.82. The molecule has 0 fully saturated rings. The van der Waals surface area contributed by atoms with Gasteiger partial charge in [0, 0.05) is 13.1 Å². The molecule has 0 amide bonds. The van der Waals surface area contributed by atoms with E-state index in [9.17, 15) is 0 Å². The van der Waals surface area contributed by atoms with Crippen molar-refractivity contribution in [1.82, 2.24) is 4.98 Å². The van der Waals surface area contributed by atoms with Gasteiger partial charge in [-0.2, -0.15) is 0 Å². The zero-order chi connectivity index (χ0) is 10.4. The van der Waals surface area contributed by atoms with E-state index in [1.807, 2.05) is 12.1 Å². The van der Waals surface area contributed by atoms with E-state index in [4.69, 9.17) is 10.5 Å². The Morgan fingerprint density at radius 3 is 3.21 bits per heavy atom. The Morgan fingerprint density at radius 2 is 2.57 bits per heavy atom. The molecule has 0 spiro atoms. The third-order valence-corrected chi connectivity index (χ3v) is 1.58. The summed E-state index contributed by atoms with van der Waals surface area (Å²) in [6.07, 6.45) is 3.34. The number of hydrogen-bond acceptors (Lipinski definition) is 4. The van der Waals surface area contributed by atoms with Gasteiger partial charge in [0.15, 0.2) is 5.90 Å². The standard InChI is InChI=1S/C10H13N3O/c1-3-9-10(5-4-6-12-9)13-8(2)14-7-11/h3-6H,1,7,11H2,2H3. The Morgan fingerprint density at radius 1 is 1.79 bits per heavy atom. The van der Waals surface area contributed by atoms with Crippen LogP contribution >= 0.6 is 0 Å². The minimum atomic E-state index is 0.124. The summed E-state index contributed by atoms with van der Waals surface area (Å²) in [5.74, 6) is 0.517. The van der Waals surface area contributed by atoms with E-state index in [-0.39, 0.29) is 6.73 Å². The van der Waals surface area contributed by atoms with Crippen molar-refractivity contribution in [2.24, 2.45) is 10.7 Å². The first kappa shape index (κ1) is 10.4. The molecule has 1 rings (SSSR count). The van der Waals surface area contributed by atoms with Crippen LogP contribution in [0.3, 0.4) is 0 Å². The van der Waals surface area contributed by atoms with Crippen molar-refractivity contribution in [3.8, 4) is 0 Å². The molecule has 0 aliphatic heterocycles. The highest BCUT2D eigenvalue weighted by molar-refractivity contribution is 5.78. The fourth-order valence-corrected chi connectivity index (χ4v) is 0.983. The van der Waals surface area contributed by atoms with E-state index in [0.717, 1.165) is 11.4 Å². The summed E-state index contributed by atoms with van der Waals surface area (Å²) in [5, 5.41) is 0. The molecule has 0 saturated heterocycles. The van der Waals surface area contributed by atoms with Crippen molar-refractivity contribution in [3.05, 3.63) is 30.6 Å². The number of aromatic nitrogens is 1. The van der Waals surface area contributed by atoms with Crippen LogP contribution in [0.4, 0.5) is 5.69 Å². The van der Waals surface area contributed by atoms with Crippen molar-refractivity contribution in [2.75, 3.05) is 6.73 Å². The molecule has 1 aromatic rings. The van der Waals surface area contributed by atoms with Crippen LogP contribution in [0.15, 0.2) is 29.9 Å². The maximum atomic E-state index is 5.21. The molecular weight excluding hydrogens is 178 g/mol. The molecule has 0 saturated carbocycles. The van der Waals surface area contributed by atoms with E-state index in [1.54, 1.807) is 19.2 Å². The maximum absolute atomic E-state index is 5.21. The van der Waals surface area contributed by atoms with Gasteiger partial charge < -0.3 is 4.74 Å². The van der Waals surface area contributed by atoms with E-state index in [2.05, 4.69) is 16.6 Å². The number of rotatable bonds is 3. The Bertz CT molecular complexity index is 347. The summed E-state index contributed by atoms with van der Waals surface area (Å²) in [4.78, 5) is 8.30. The second kappa shape index (κ2) is 5.14. The molecule has 2 N–H and O–H groups in total. The summed E-state index contributed by atoms with van der Waals surface area (Å²) in [5.41, 5.74) is 6.67. The van der Waals surface area contributed by atoms with Crippen molar-refractivity contribution in [2.45, 2.75) is 6.92 Å². The Labute approximate surface area is 83.1 Å². The van der Waals surface area contributed by atoms with Crippen LogP contribution in [0.1, 0.15) is 12.6 Å². The second-order valence-electron chi connectivity index (χ2n) is 2.55. The number of ether oxygens (including phenoxy) is 1. The lowest BCUT2D eigenvalue weighted by molar-refractivity contribution is 0.314. The second-order valence-corrected chi connectivity index (χ2v) is 2.55. The van der Waals surface area contributed by atoms with Gasteiger partial charge in [0.05, 0.1) is 11.4 Å². The number of nitrogens with zero attached hydrogens (tertiary/aromatic N) is 2. The van der Waals surface area contributed by atoms with Crippen molar-refractivity contribution < 1.29 is 4.74 Å². The van der Waals surface area contributed by atoms with Crippen molar-refractivity contribution in [1.29, 1.82) is 0 Å². The van der Waals surface area contributed by atoms with Crippen LogP contribution in [0.25, 0.3) is 6.08 Å².